The Balaban J connectivity index is 1.55. The fourth-order valence-corrected chi connectivity index (χ4v) is 2.72. The molecule has 0 bridgehead atoms. The number of aromatic nitrogens is 1. The SMILES string of the molecule is O=C(NCC#Cc1ccc(N2CCNC2=O)cc1)c1cncc(Br)c1. The number of urea groups is 1. The van der Waals surface area contributed by atoms with Crippen molar-refractivity contribution in [2.24, 2.45) is 0 Å². The van der Waals surface area contributed by atoms with Crippen LogP contribution >= 0.6 is 15.9 Å². The van der Waals surface area contributed by atoms with E-state index in [2.05, 4.69) is 43.4 Å². The quantitative estimate of drug-likeness (QED) is 0.777. The summed E-state index contributed by atoms with van der Waals surface area (Å²) < 4.78 is 0.748. The molecule has 3 amide bonds. The van der Waals surface area contributed by atoms with Gasteiger partial charge in [0.05, 0.1) is 12.1 Å². The van der Waals surface area contributed by atoms with E-state index in [9.17, 15) is 9.59 Å². The van der Waals surface area contributed by atoms with Gasteiger partial charge in [-0.1, -0.05) is 11.8 Å². The van der Waals surface area contributed by atoms with Gasteiger partial charge in [0, 0.05) is 41.2 Å². The van der Waals surface area contributed by atoms with Crippen LogP contribution in [0.5, 0.6) is 0 Å². The Morgan fingerprint density at radius 3 is 2.80 bits per heavy atom. The van der Waals surface area contributed by atoms with Gasteiger partial charge in [0.25, 0.3) is 5.91 Å². The Hall–Kier alpha value is -2.85. The van der Waals surface area contributed by atoms with Crippen LogP contribution in [0, 0.1) is 11.8 Å². The minimum absolute atomic E-state index is 0.0800. The van der Waals surface area contributed by atoms with Gasteiger partial charge in [-0.05, 0) is 46.3 Å². The van der Waals surface area contributed by atoms with E-state index in [-0.39, 0.29) is 18.5 Å². The van der Waals surface area contributed by atoms with Crippen LogP contribution in [-0.4, -0.2) is 36.6 Å². The predicted molar refractivity (Wildman–Crippen MR) is 98.3 cm³/mol. The van der Waals surface area contributed by atoms with Gasteiger partial charge >= 0.3 is 6.03 Å². The predicted octanol–water partition coefficient (Wildman–Crippen LogP) is 2.16. The number of rotatable bonds is 3. The van der Waals surface area contributed by atoms with E-state index in [4.69, 9.17) is 0 Å². The van der Waals surface area contributed by atoms with Gasteiger partial charge < -0.3 is 10.6 Å². The zero-order valence-corrected chi connectivity index (χ0v) is 14.8. The monoisotopic (exact) mass is 398 g/mol. The molecule has 2 aromatic rings. The molecule has 0 saturated carbocycles. The largest absolute Gasteiger partial charge is 0.341 e. The van der Waals surface area contributed by atoms with Gasteiger partial charge in [0.2, 0.25) is 0 Å². The first-order valence-corrected chi connectivity index (χ1v) is 8.46. The van der Waals surface area contributed by atoms with Crippen molar-refractivity contribution in [3.63, 3.8) is 0 Å². The molecule has 1 aliphatic rings. The fraction of sp³-hybridized carbons (Fsp3) is 0.167. The van der Waals surface area contributed by atoms with Crippen LogP contribution in [-0.2, 0) is 0 Å². The lowest BCUT2D eigenvalue weighted by molar-refractivity contribution is 0.0958. The lowest BCUT2D eigenvalue weighted by Crippen LogP contribution is -2.27. The maximum Gasteiger partial charge on any atom is 0.321 e. The van der Waals surface area contributed by atoms with Gasteiger partial charge in [-0.3, -0.25) is 14.7 Å². The highest BCUT2D eigenvalue weighted by molar-refractivity contribution is 9.10. The molecular weight excluding hydrogens is 384 g/mol. The average Bonchev–Trinajstić information content (AvgIpc) is 3.05. The number of anilines is 1. The average molecular weight is 399 g/mol. The number of carbonyl (C=O) groups is 2. The molecule has 1 aromatic carbocycles. The van der Waals surface area contributed by atoms with E-state index >= 15 is 0 Å². The highest BCUT2D eigenvalue weighted by Gasteiger charge is 2.20. The van der Waals surface area contributed by atoms with E-state index < -0.39 is 0 Å². The maximum absolute atomic E-state index is 11.9. The lowest BCUT2D eigenvalue weighted by Gasteiger charge is -2.13. The highest BCUT2D eigenvalue weighted by atomic mass is 79.9. The molecule has 1 aliphatic heterocycles. The molecule has 0 spiro atoms. The van der Waals surface area contributed by atoms with E-state index in [0.717, 1.165) is 15.7 Å². The van der Waals surface area contributed by atoms with Crippen molar-refractivity contribution in [1.29, 1.82) is 0 Å². The second kappa shape index (κ2) is 7.81. The number of halogens is 1. The lowest BCUT2D eigenvalue weighted by atomic mass is 10.2. The van der Waals surface area contributed by atoms with Gasteiger partial charge in [-0.25, -0.2) is 4.79 Å². The van der Waals surface area contributed by atoms with Crippen molar-refractivity contribution in [1.82, 2.24) is 15.6 Å². The van der Waals surface area contributed by atoms with Crippen LogP contribution in [0.15, 0.2) is 47.2 Å². The molecule has 2 N–H and O–H groups in total. The first-order valence-electron chi connectivity index (χ1n) is 7.66. The molecule has 0 atom stereocenters. The molecule has 1 saturated heterocycles. The Kier molecular flexibility index (Phi) is 5.31. The molecule has 1 fully saturated rings. The molecule has 126 valence electrons. The smallest absolute Gasteiger partial charge is 0.321 e. The number of nitrogens with one attached hydrogen (secondary N) is 2. The Morgan fingerprint density at radius 1 is 1.32 bits per heavy atom. The number of amides is 3. The summed E-state index contributed by atoms with van der Waals surface area (Å²) in [6.45, 7) is 1.57. The van der Waals surface area contributed by atoms with Crippen molar-refractivity contribution < 1.29 is 9.59 Å². The van der Waals surface area contributed by atoms with E-state index in [0.29, 0.717) is 18.7 Å². The fourth-order valence-electron chi connectivity index (χ4n) is 2.35. The Morgan fingerprint density at radius 2 is 2.12 bits per heavy atom. The first-order chi connectivity index (χ1) is 12.1. The minimum atomic E-state index is -0.224. The molecule has 7 heteroatoms. The number of hydrogen-bond donors (Lipinski definition) is 2. The molecule has 0 unspecified atom stereocenters. The molecule has 1 aromatic heterocycles. The molecule has 2 heterocycles. The van der Waals surface area contributed by atoms with Crippen LogP contribution in [0.2, 0.25) is 0 Å². The molecular formula is C18H15BrN4O2. The van der Waals surface area contributed by atoms with E-state index in [1.807, 2.05) is 24.3 Å². The zero-order valence-electron chi connectivity index (χ0n) is 13.3. The zero-order chi connectivity index (χ0) is 17.6. The first kappa shape index (κ1) is 17.0. The topological polar surface area (TPSA) is 74.3 Å². The normalized spacial score (nSPS) is 13.0. The summed E-state index contributed by atoms with van der Waals surface area (Å²) in [5, 5.41) is 5.49. The third-order valence-corrected chi connectivity index (χ3v) is 4.01. The third-order valence-electron chi connectivity index (χ3n) is 3.57. The van der Waals surface area contributed by atoms with Crippen molar-refractivity contribution in [2.45, 2.75) is 0 Å². The van der Waals surface area contributed by atoms with Gasteiger partial charge in [0.1, 0.15) is 0 Å². The van der Waals surface area contributed by atoms with Crippen molar-refractivity contribution in [2.75, 3.05) is 24.5 Å². The second-order valence-electron chi connectivity index (χ2n) is 5.31. The summed E-state index contributed by atoms with van der Waals surface area (Å²) in [5.74, 6) is 5.67. The van der Waals surface area contributed by atoms with Crippen molar-refractivity contribution in [3.05, 3.63) is 58.3 Å². The maximum atomic E-state index is 11.9. The van der Waals surface area contributed by atoms with Crippen LogP contribution in [0.25, 0.3) is 0 Å². The molecule has 0 radical (unpaired) electrons. The number of hydrogen-bond acceptors (Lipinski definition) is 3. The summed E-state index contributed by atoms with van der Waals surface area (Å²) in [7, 11) is 0. The summed E-state index contributed by atoms with van der Waals surface area (Å²) in [6, 6.07) is 9.05. The van der Waals surface area contributed by atoms with E-state index in [1.165, 1.54) is 6.20 Å². The Labute approximate surface area is 153 Å². The summed E-state index contributed by atoms with van der Waals surface area (Å²) in [4.78, 5) is 29.2. The molecule has 0 aliphatic carbocycles. The number of carbonyl (C=O) groups excluding carboxylic acids is 2. The van der Waals surface area contributed by atoms with E-state index in [1.54, 1.807) is 17.2 Å². The minimum Gasteiger partial charge on any atom is -0.341 e. The van der Waals surface area contributed by atoms with Crippen LogP contribution in [0.3, 0.4) is 0 Å². The van der Waals surface area contributed by atoms with Gasteiger partial charge in [-0.2, -0.15) is 0 Å². The highest BCUT2D eigenvalue weighted by Crippen LogP contribution is 2.16. The third kappa shape index (κ3) is 4.37. The van der Waals surface area contributed by atoms with Crippen LogP contribution < -0.4 is 15.5 Å². The second-order valence-corrected chi connectivity index (χ2v) is 6.22. The summed E-state index contributed by atoms with van der Waals surface area (Å²) in [5.41, 5.74) is 2.14. The Bertz CT molecular complexity index is 855. The van der Waals surface area contributed by atoms with Gasteiger partial charge in [-0.15, -0.1) is 0 Å². The molecule has 25 heavy (non-hydrogen) atoms. The number of benzene rings is 1. The van der Waals surface area contributed by atoms with Gasteiger partial charge in [0.15, 0.2) is 0 Å². The van der Waals surface area contributed by atoms with Crippen molar-refractivity contribution in [3.8, 4) is 11.8 Å². The van der Waals surface area contributed by atoms with Crippen LogP contribution in [0.4, 0.5) is 10.5 Å². The summed E-state index contributed by atoms with van der Waals surface area (Å²) in [6.07, 6.45) is 3.12. The number of nitrogens with zero attached hydrogens (tertiary/aromatic N) is 2. The molecule has 3 rings (SSSR count). The number of pyridine rings is 1. The molecule has 6 nitrogen and oxygen atoms in total. The summed E-state index contributed by atoms with van der Waals surface area (Å²) >= 11 is 3.28. The standard InChI is InChI=1S/C18H15BrN4O2/c19-15-10-14(11-20-12-15)17(24)21-7-1-2-13-3-5-16(6-4-13)23-9-8-22-18(23)25/h3-6,10-12H,7-9H2,(H,21,24)(H,22,25). The van der Waals surface area contributed by atoms with Crippen molar-refractivity contribution >= 4 is 33.6 Å². The van der Waals surface area contributed by atoms with Crippen LogP contribution in [0.1, 0.15) is 15.9 Å².